The summed E-state index contributed by atoms with van der Waals surface area (Å²) in [6.45, 7) is 3.79. The van der Waals surface area contributed by atoms with Gasteiger partial charge in [0.15, 0.2) is 6.61 Å². The highest BCUT2D eigenvalue weighted by molar-refractivity contribution is 6.30. The van der Waals surface area contributed by atoms with E-state index in [-0.39, 0.29) is 18.4 Å². The molecule has 0 bridgehead atoms. The molecule has 5 heteroatoms. The molecule has 0 aromatic heterocycles. The van der Waals surface area contributed by atoms with E-state index >= 15 is 0 Å². The van der Waals surface area contributed by atoms with Gasteiger partial charge in [-0.15, -0.1) is 0 Å². The highest BCUT2D eigenvalue weighted by atomic mass is 35.5. The molecule has 1 amide bonds. The zero-order valence-corrected chi connectivity index (χ0v) is 13.9. The third-order valence-corrected chi connectivity index (χ3v) is 3.54. The van der Waals surface area contributed by atoms with Crippen LogP contribution >= 0.6 is 11.6 Å². The largest absolute Gasteiger partial charge is 0.483 e. The molecule has 0 saturated heterocycles. The first-order valence-electron chi connectivity index (χ1n) is 7.32. The van der Waals surface area contributed by atoms with Gasteiger partial charge < -0.3 is 4.74 Å². The fourth-order valence-electron chi connectivity index (χ4n) is 2.01. The lowest BCUT2D eigenvalue weighted by Gasteiger charge is -2.08. The van der Waals surface area contributed by atoms with Gasteiger partial charge in [-0.1, -0.05) is 48.9 Å². The monoisotopic (exact) mass is 330 g/mol. The molecule has 120 valence electrons. The van der Waals surface area contributed by atoms with E-state index in [2.05, 4.69) is 10.5 Å². The van der Waals surface area contributed by atoms with Crippen LogP contribution in [0.15, 0.2) is 53.6 Å². The van der Waals surface area contributed by atoms with Crippen molar-refractivity contribution in [1.29, 1.82) is 0 Å². The Labute approximate surface area is 141 Å². The fourth-order valence-corrected chi connectivity index (χ4v) is 2.24. The lowest BCUT2D eigenvalue weighted by molar-refractivity contribution is -0.123. The number of halogens is 1. The van der Waals surface area contributed by atoms with Gasteiger partial charge in [0.05, 0.1) is 0 Å². The van der Waals surface area contributed by atoms with Gasteiger partial charge >= 0.3 is 0 Å². The van der Waals surface area contributed by atoms with Crippen LogP contribution in [0, 0.1) is 6.92 Å². The van der Waals surface area contributed by atoms with Crippen LogP contribution in [0.1, 0.15) is 24.0 Å². The fraction of sp³-hybridized carbons (Fsp3) is 0.222. The molecule has 0 aliphatic heterocycles. The summed E-state index contributed by atoms with van der Waals surface area (Å²) < 4.78 is 5.45. The predicted molar refractivity (Wildman–Crippen MR) is 93.2 cm³/mol. The summed E-state index contributed by atoms with van der Waals surface area (Å²) in [4.78, 5) is 11.7. The molecule has 1 atom stereocenters. The number of nitrogens with zero attached hydrogens (tertiary/aromatic N) is 1. The Morgan fingerprint density at radius 2 is 2.04 bits per heavy atom. The second kappa shape index (κ2) is 8.34. The Hall–Kier alpha value is -2.33. The molecular formula is C18H19ClN2O2. The zero-order chi connectivity index (χ0) is 16.7. The van der Waals surface area contributed by atoms with E-state index in [0.717, 1.165) is 11.1 Å². The van der Waals surface area contributed by atoms with Crippen molar-refractivity contribution in [1.82, 2.24) is 5.43 Å². The molecule has 23 heavy (non-hydrogen) atoms. The molecule has 1 N–H and O–H groups in total. The molecule has 0 radical (unpaired) electrons. The number of hydrogen-bond acceptors (Lipinski definition) is 3. The summed E-state index contributed by atoms with van der Waals surface area (Å²) in [7, 11) is 0. The van der Waals surface area contributed by atoms with E-state index in [1.54, 1.807) is 24.4 Å². The summed E-state index contributed by atoms with van der Waals surface area (Å²) in [6, 6.07) is 15.2. The van der Waals surface area contributed by atoms with E-state index in [0.29, 0.717) is 10.8 Å². The van der Waals surface area contributed by atoms with Crippen molar-refractivity contribution >= 4 is 23.7 Å². The average Bonchev–Trinajstić information content (AvgIpc) is 2.54. The van der Waals surface area contributed by atoms with Crippen LogP contribution in [0.4, 0.5) is 0 Å². The summed E-state index contributed by atoms with van der Waals surface area (Å²) >= 11 is 5.87. The van der Waals surface area contributed by atoms with Crippen molar-refractivity contribution in [3.63, 3.8) is 0 Å². The Kier molecular flexibility index (Phi) is 6.18. The van der Waals surface area contributed by atoms with Crippen LogP contribution in [0.2, 0.25) is 5.02 Å². The number of hydrogen-bond donors (Lipinski definition) is 1. The maximum absolute atomic E-state index is 11.7. The van der Waals surface area contributed by atoms with Gasteiger partial charge in [0.2, 0.25) is 0 Å². The van der Waals surface area contributed by atoms with Gasteiger partial charge in [0, 0.05) is 17.2 Å². The Morgan fingerprint density at radius 1 is 1.30 bits per heavy atom. The number of nitrogens with one attached hydrogen (secondary N) is 1. The number of hydrazone groups is 1. The molecule has 0 heterocycles. The van der Waals surface area contributed by atoms with Gasteiger partial charge in [0.1, 0.15) is 5.75 Å². The van der Waals surface area contributed by atoms with Gasteiger partial charge in [-0.25, -0.2) is 5.43 Å². The van der Waals surface area contributed by atoms with Crippen molar-refractivity contribution in [3.8, 4) is 5.75 Å². The van der Waals surface area contributed by atoms with E-state index < -0.39 is 0 Å². The van der Waals surface area contributed by atoms with Crippen LogP contribution in [-0.4, -0.2) is 18.7 Å². The van der Waals surface area contributed by atoms with E-state index in [4.69, 9.17) is 16.3 Å². The maximum atomic E-state index is 11.7. The Balaban J connectivity index is 1.80. The third kappa shape index (κ3) is 5.42. The first-order chi connectivity index (χ1) is 11.1. The number of carbonyl (C=O) groups is 1. The van der Waals surface area contributed by atoms with Crippen molar-refractivity contribution < 1.29 is 9.53 Å². The highest BCUT2D eigenvalue weighted by Crippen LogP contribution is 2.21. The molecule has 0 fully saturated rings. The predicted octanol–water partition coefficient (Wildman–Crippen LogP) is 3.93. The third-order valence-electron chi connectivity index (χ3n) is 3.31. The molecule has 0 spiro atoms. The molecule has 1 unspecified atom stereocenters. The molecule has 2 aromatic carbocycles. The summed E-state index contributed by atoms with van der Waals surface area (Å²) in [6.07, 6.45) is 1.70. The normalized spacial score (nSPS) is 12.1. The summed E-state index contributed by atoms with van der Waals surface area (Å²) in [5.41, 5.74) is 4.48. The molecule has 2 aromatic rings. The molecule has 2 rings (SSSR count). The number of benzene rings is 2. The van der Waals surface area contributed by atoms with Gasteiger partial charge in [-0.2, -0.15) is 5.10 Å². The second-order valence-electron chi connectivity index (χ2n) is 5.21. The first kappa shape index (κ1) is 17.0. The lowest BCUT2D eigenvalue weighted by Crippen LogP contribution is -2.25. The second-order valence-corrected chi connectivity index (χ2v) is 5.65. The molecular weight excluding hydrogens is 312 g/mol. The topological polar surface area (TPSA) is 50.7 Å². The maximum Gasteiger partial charge on any atom is 0.277 e. The van der Waals surface area contributed by atoms with Gasteiger partial charge in [0.25, 0.3) is 5.91 Å². The number of amides is 1. The first-order valence-corrected chi connectivity index (χ1v) is 7.70. The standard InChI is InChI=1S/C18H19ClN2O2/c1-13-10-16(19)8-9-17(13)23-12-18(22)21-20-11-14(2)15-6-4-3-5-7-15/h3-11,14H,12H2,1-2H3,(H,21,22)/b20-11+. The Bertz CT molecular complexity index is 687. The van der Waals surface area contributed by atoms with Crippen molar-refractivity contribution in [3.05, 3.63) is 64.7 Å². The number of rotatable bonds is 6. The van der Waals surface area contributed by atoms with Crippen molar-refractivity contribution in [2.24, 2.45) is 5.10 Å². The smallest absolute Gasteiger partial charge is 0.277 e. The lowest BCUT2D eigenvalue weighted by atomic mass is 10.0. The minimum Gasteiger partial charge on any atom is -0.483 e. The van der Waals surface area contributed by atoms with E-state index in [1.807, 2.05) is 44.2 Å². The van der Waals surface area contributed by atoms with Crippen LogP contribution in [-0.2, 0) is 4.79 Å². The SMILES string of the molecule is Cc1cc(Cl)ccc1OCC(=O)N/N=C/C(C)c1ccccc1. The number of aryl methyl sites for hydroxylation is 1. The molecule has 0 saturated carbocycles. The van der Waals surface area contributed by atoms with E-state index in [9.17, 15) is 4.79 Å². The van der Waals surface area contributed by atoms with Crippen molar-refractivity contribution in [2.75, 3.05) is 6.61 Å². The average molecular weight is 331 g/mol. The number of ether oxygens (including phenoxy) is 1. The minimum absolute atomic E-state index is 0.0977. The highest BCUT2D eigenvalue weighted by Gasteiger charge is 2.05. The zero-order valence-electron chi connectivity index (χ0n) is 13.1. The molecule has 4 nitrogen and oxygen atoms in total. The molecule has 0 aliphatic carbocycles. The molecule has 0 aliphatic rings. The van der Waals surface area contributed by atoms with Gasteiger partial charge in [-0.3, -0.25) is 4.79 Å². The van der Waals surface area contributed by atoms with E-state index in [1.165, 1.54) is 0 Å². The number of carbonyl (C=O) groups excluding carboxylic acids is 1. The van der Waals surface area contributed by atoms with Gasteiger partial charge in [-0.05, 0) is 36.2 Å². The van der Waals surface area contributed by atoms with Crippen LogP contribution in [0.25, 0.3) is 0 Å². The van der Waals surface area contributed by atoms with Crippen molar-refractivity contribution in [2.45, 2.75) is 19.8 Å². The van der Waals surface area contributed by atoms with Crippen LogP contribution < -0.4 is 10.2 Å². The summed E-state index contributed by atoms with van der Waals surface area (Å²) in [5.74, 6) is 0.443. The quantitative estimate of drug-likeness (QED) is 0.644. The van der Waals surface area contributed by atoms with Crippen LogP contribution in [0.3, 0.4) is 0 Å². The minimum atomic E-state index is -0.309. The summed E-state index contributed by atoms with van der Waals surface area (Å²) in [5, 5.41) is 4.61. The van der Waals surface area contributed by atoms with Crippen LogP contribution in [0.5, 0.6) is 5.75 Å². The Morgan fingerprint density at radius 3 is 2.74 bits per heavy atom.